The molecule has 1 aromatic rings. The van der Waals surface area contributed by atoms with Crippen LogP contribution in [-0.2, 0) is 11.2 Å². The molecule has 0 atom stereocenters. The summed E-state index contributed by atoms with van der Waals surface area (Å²) in [7, 11) is 3.94. The fourth-order valence-corrected chi connectivity index (χ4v) is 1.74. The van der Waals surface area contributed by atoms with Crippen molar-refractivity contribution < 1.29 is 4.79 Å². The van der Waals surface area contributed by atoms with E-state index in [0.717, 1.165) is 17.2 Å². The van der Waals surface area contributed by atoms with Gasteiger partial charge in [0, 0.05) is 24.8 Å². The minimum absolute atomic E-state index is 0.268. The Morgan fingerprint density at radius 1 is 1.57 bits per heavy atom. The minimum Gasteiger partial charge on any atom is -0.309 e. The van der Waals surface area contributed by atoms with Gasteiger partial charge in [-0.15, -0.1) is 11.3 Å². The summed E-state index contributed by atoms with van der Waals surface area (Å²) in [6, 6.07) is 0. The molecule has 0 bridgehead atoms. The zero-order valence-corrected chi connectivity index (χ0v) is 9.73. The number of carbonyl (C=O) groups excluding carboxylic acids is 1. The zero-order chi connectivity index (χ0) is 10.6. The van der Waals surface area contributed by atoms with Crippen LogP contribution in [0.1, 0.15) is 17.1 Å². The maximum atomic E-state index is 11.5. The van der Waals surface area contributed by atoms with Crippen LogP contribution in [0.2, 0.25) is 0 Å². The number of aryl methyl sites for hydroxylation is 1. The highest BCUT2D eigenvalue weighted by Gasteiger charge is 2.06. The highest BCUT2D eigenvalue weighted by molar-refractivity contribution is 7.09. The average Bonchev–Trinajstić information content (AvgIpc) is 2.48. The maximum Gasteiger partial charge on any atom is 0.140 e. The second-order valence-corrected chi connectivity index (χ2v) is 4.69. The second kappa shape index (κ2) is 5.22. The Bertz CT molecular complexity index is 307. The molecule has 78 valence electrons. The van der Waals surface area contributed by atoms with E-state index in [1.54, 1.807) is 11.3 Å². The number of hydrogen-bond acceptors (Lipinski definition) is 4. The van der Waals surface area contributed by atoms with Gasteiger partial charge >= 0.3 is 0 Å². The number of rotatable bonds is 5. The van der Waals surface area contributed by atoms with Gasteiger partial charge in [-0.1, -0.05) is 0 Å². The summed E-state index contributed by atoms with van der Waals surface area (Å²) in [6.45, 7) is 2.78. The predicted molar refractivity (Wildman–Crippen MR) is 58.7 cm³/mol. The summed E-state index contributed by atoms with van der Waals surface area (Å²) in [6.07, 6.45) is 1.10. The van der Waals surface area contributed by atoms with Crippen LogP contribution < -0.4 is 0 Å². The third-order valence-corrected chi connectivity index (χ3v) is 2.71. The first-order valence-electron chi connectivity index (χ1n) is 4.65. The van der Waals surface area contributed by atoms with E-state index >= 15 is 0 Å². The Labute approximate surface area is 88.8 Å². The molecule has 1 heterocycles. The molecule has 1 aromatic heterocycles. The number of thiazole rings is 1. The molecule has 0 aliphatic heterocycles. The highest BCUT2D eigenvalue weighted by atomic mass is 32.1. The van der Waals surface area contributed by atoms with Crippen molar-refractivity contribution in [1.82, 2.24) is 9.88 Å². The predicted octanol–water partition coefficient (Wildman–Crippen LogP) is 1.51. The van der Waals surface area contributed by atoms with Gasteiger partial charge in [-0.05, 0) is 21.0 Å². The monoisotopic (exact) mass is 212 g/mol. The van der Waals surface area contributed by atoms with Gasteiger partial charge in [0.15, 0.2) is 0 Å². The topological polar surface area (TPSA) is 33.2 Å². The van der Waals surface area contributed by atoms with Crippen LogP contribution >= 0.6 is 11.3 Å². The van der Waals surface area contributed by atoms with Crippen LogP contribution in [-0.4, -0.2) is 36.3 Å². The quantitative estimate of drug-likeness (QED) is 0.742. The number of Topliss-reactive ketones (excluding diaryl/α,β-unsaturated/α-hetero) is 1. The van der Waals surface area contributed by atoms with E-state index in [0.29, 0.717) is 12.8 Å². The molecular weight excluding hydrogens is 196 g/mol. The Kier molecular flexibility index (Phi) is 4.22. The van der Waals surface area contributed by atoms with Crippen LogP contribution in [0.3, 0.4) is 0 Å². The molecule has 14 heavy (non-hydrogen) atoms. The van der Waals surface area contributed by atoms with E-state index in [1.165, 1.54) is 0 Å². The number of ketones is 1. The Balaban J connectivity index is 2.34. The Hall–Kier alpha value is -0.740. The summed E-state index contributed by atoms with van der Waals surface area (Å²) >= 11 is 1.60. The summed E-state index contributed by atoms with van der Waals surface area (Å²) in [5.41, 5.74) is 0.913. The van der Waals surface area contributed by atoms with Crippen molar-refractivity contribution in [2.75, 3.05) is 20.6 Å². The lowest BCUT2D eigenvalue weighted by Gasteiger charge is -2.07. The lowest BCUT2D eigenvalue weighted by Crippen LogP contribution is -2.17. The smallest absolute Gasteiger partial charge is 0.140 e. The van der Waals surface area contributed by atoms with Crippen molar-refractivity contribution in [2.45, 2.75) is 19.8 Å². The van der Waals surface area contributed by atoms with Crippen LogP contribution in [0.5, 0.6) is 0 Å². The first kappa shape index (κ1) is 11.3. The van der Waals surface area contributed by atoms with Crippen LogP contribution in [0.15, 0.2) is 5.38 Å². The van der Waals surface area contributed by atoms with E-state index < -0.39 is 0 Å². The summed E-state index contributed by atoms with van der Waals surface area (Å²) in [4.78, 5) is 17.7. The van der Waals surface area contributed by atoms with Crippen molar-refractivity contribution in [3.05, 3.63) is 16.1 Å². The second-order valence-electron chi connectivity index (χ2n) is 3.63. The number of carbonyl (C=O) groups is 1. The summed E-state index contributed by atoms with van der Waals surface area (Å²) < 4.78 is 0. The molecule has 0 aromatic carbocycles. The molecule has 0 radical (unpaired) electrons. The van der Waals surface area contributed by atoms with Crippen molar-refractivity contribution in [2.24, 2.45) is 0 Å². The van der Waals surface area contributed by atoms with E-state index in [9.17, 15) is 4.79 Å². The van der Waals surface area contributed by atoms with Gasteiger partial charge in [-0.3, -0.25) is 4.79 Å². The van der Waals surface area contributed by atoms with Crippen LogP contribution in [0.4, 0.5) is 0 Å². The molecule has 0 saturated carbocycles. The SMILES string of the molecule is Cc1nc(CC(=O)CCN(C)C)cs1. The Morgan fingerprint density at radius 3 is 2.79 bits per heavy atom. The largest absolute Gasteiger partial charge is 0.309 e. The number of nitrogens with zero attached hydrogens (tertiary/aromatic N) is 2. The van der Waals surface area contributed by atoms with Gasteiger partial charge in [0.25, 0.3) is 0 Å². The molecule has 4 heteroatoms. The molecule has 0 fully saturated rings. The fourth-order valence-electron chi connectivity index (χ4n) is 1.13. The number of hydrogen-bond donors (Lipinski definition) is 0. The minimum atomic E-state index is 0.268. The lowest BCUT2D eigenvalue weighted by molar-refractivity contribution is -0.118. The lowest BCUT2D eigenvalue weighted by atomic mass is 10.2. The third kappa shape index (κ3) is 3.98. The summed E-state index contributed by atoms with van der Waals surface area (Å²) in [5.74, 6) is 0.268. The third-order valence-electron chi connectivity index (χ3n) is 1.88. The first-order valence-corrected chi connectivity index (χ1v) is 5.53. The average molecular weight is 212 g/mol. The maximum absolute atomic E-state index is 11.5. The van der Waals surface area contributed by atoms with Crippen molar-refractivity contribution in [3.63, 3.8) is 0 Å². The molecule has 1 rings (SSSR count). The zero-order valence-electron chi connectivity index (χ0n) is 8.91. The standard InChI is InChI=1S/C10H16N2OS/c1-8-11-9(7-14-8)6-10(13)4-5-12(2)3/h7H,4-6H2,1-3H3. The molecule has 0 N–H and O–H groups in total. The van der Waals surface area contributed by atoms with Crippen LogP contribution in [0, 0.1) is 6.92 Å². The Morgan fingerprint density at radius 2 is 2.29 bits per heavy atom. The van der Waals surface area contributed by atoms with Crippen molar-refractivity contribution >= 4 is 17.1 Å². The molecular formula is C10H16N2OS. The first-order chi connectivity index (χ1) is 6.58. The van der Waals surface area contributed by atoms with E-state index in [-0.39, 0.29) is 5.78 Å². The van der Waals surface area contributed by atoms with Gasteiger partial charge < -0.3 is 4.90 Å². The summed E-state index contributed by atoms with van der Waals surface area (Å²) in [5, 5.41) is 2.99. The van der Waals surface area contributed by atoms with Gasteiger partial charge in [0.1, 0.15) is 5.78 Å². The van der Waals surface area contributed by atoms with Gasteiger partial charge in [0.05, 0.1) is 10.7 Å². The van der Waals surface area contributed by atoms with E-state index in [4.69, 9.17) is 0 Å². The molecule has 0 amide bonds. The molecule has 0 aliphatic rings. The molecule has 0 spiro atoms. The van der Waals surface area contributed by atoms with Crippen LogP contribution in [0.25, 0.3) is 0 Å². The van der Waals surface area contributed by atoms with Gasteiger partial charge in [-0.2, -0.15) is 0 Å². The number of aromatic nitrogens is 1. The van der Waals surface area contributed by atoms with Crippen molar-refractivity contribution in [3.8, 4) is 0 Å². The highest BCUT2D eigenvalue weighted by Crippen LogP contribution is 2.09. The molecule has 0 aliphatic carbocycles. The van der Waals surface area contributed by atoms with Crippen molar-refractivity contribution in [1.29, 1.82) is 0 Å². The fraction of sp³-hybridized carbons (Fsp3) is 0.600. The van der Waals surface area contributed by atoms with E-state index in [2.05, 4.69) is 4.98 Å². The molecule has 3 nitrogen and oxygen atoms in total. The molecule has 0 saturated heterocycles. The normalized spacial score (nSPS) is 10.9. The van der Waals surface area contributed by atoms with Gasteiger partial charge in [-0.25, -0.2) is 4.98 Å². The van der Waals surface area contributed by atoms with E-state index in [1.807, 2.05) is 31.3 Å². The molecule has 0 unspecified atom stereocenters. The van der Waals surface area contributed by atoms with Gasteiger partial charge in [0.2, 0.25) is 0 Å².